The van der Waals surface area contributed by atoms with Gasteiger partial charge in [-0.3, -0.25) is 9.63 Å². The lowest BCUT2D eigenvalue weighted by Gasteiger charge is -2.14. The topological polar surface area (TPSA) is 83.3 Å². The molecular weight excluding hydrogens is 543 g/mol. The highest BCUT2D eigenvalue weighted by Gasteiger charge is 2.28. The van der Waals surface area contributed by atoms with Gasteiger partial charge in [-0.05, 0) is 23.8 Å². The smallest absolute Gasteiger partial charge is 0.274 e. The average Bonchev–Trinajstić information content (AvgIpc) is 3.11. The predicted octanol–water partition coefficient (Wildman–Crippen LogP) is 6.47. The molecule has 0 atom stereocenters. The molecule has 2 heterocycles. The largest absolute Gasteiger partial charge is 0.287 e. The minimum Gasteiger partial charge on any atom is -0.274 e. The van der Waals surface area contributed by atoms with Gasteiger partial charge in [0.15, 0.2) is 0 Å². The van der Waals surface area contributed by atoms with E-state index in [-0.39, 0.29) is 15.5 Å². The average molecular weight is 555 g/mol. The first-order valence-corrected chi connectivity index (χ1v) is 12.7. The second kappa shape index (κ2) is 11.9. The Labute approximate surface area is 208 Å². The summed E-state index contributed by atoms with van der Waals surface area (Å²) in [6, 6.07) is 9.66. The van der Waals surface area contributed by atoms with Crippen LogP contribution in [0.25, 0.3) is 21.6 Å². The summed E-state index contributed by atoms with van der Waals surface area (Å²) in [4.78, 5) is 22.1. The van der Waals surface area contributed by atoms with E-state index in [9.17, 15) is 14.4 Å². The SMILES string of the molecule is CON(C)C(=O)c1sc(-c2ccnc(F)c2)c(C#N)c1-c1ccc(Cl)cc1Cl.O=S(Cl)Cl. The number of carbonyl (C=O) groups excluding carboxylic acids is 1. The Morgan fingerprint density at radius 2 is 1.94 bits per heavy atom. The van der Waals surface area contributed by atoms with E-state index in [1.807, 2.05) is 0 Å². The van der Waals surface area contributed by atoms with Gasteiger partial charge in [0.05, 0.1) is 17.6 Å². The molecule has 13 heteroatoms. The van der Waals surface area contributed by atoms with Crippen molar-refractivity contribution in [2.24, 2.45) is 0 Å². The molecule has 0 unspecified atom stereocenters. The van der Waals surface area contributed by atoms with Crippen molar-refractivity contribution in [1.29, 1.82) is 5.26 Å². The lowest BCUT2D eigenvalue weighted by Crippen LogP contribution is -2.25. The van der Waals surface area contributed by atoms with Crippen molar-refractivity contribution in [2.75, 3.05) is 14.2 Å². The zero-order valence-electron chi connectivity index (χ0n) is 16.2. The fraction of sp³-hybridized carbons (Fsp3) is 0.105. The molecule has 0 aliphatic heterocycles. The molecule has 1 aromatic carbocycles. The van der Waals surface area contributed by atoms with Crippen LogP contribution in [0.15, 0.2) is 36.5 Å². The minimum atomic E-state index is -1.67. The fourth-order valence-corrected chi connectivity index (χ4v) is 4.34. The maximum Gasteiger partial charge on any atom is 0.287 e. The van der Waals surface area contributed by atoms with Crippen molar-refractivity contribution < 1.29 is 18.2 Å². The van der Waals surface area contributed by atoms with Crippen molar-refractivity contribution in [2.45, 2.75) is 0 Å². The Hall–Kier alpha value is -1.77. The Kier molecular flexibility index (Phi) is 9.85. The van der Waals surface area contributed by atoms with Crippen LogP contribution in [-0.2, 0) is 14.1 Å². The summed E-state index contributed by atoms with van der Waals surface area (Å²) in [6.07, 6.45) is 1.29. The van der Waals surface area contributed by atoms with E-state index < -0.39 is 21.1 Å². The van der Waals surface area contributed by atoms with Gasteiger partial charge in [-0.2, -0.15) is 9.65 Å². The Bertz CT molecular complexity index is 1210. The molecule has 0 aliphatic carbocycles. The molecule has 2 aromatic heterocycles. The Morgan fingerprint density at radius 1 is 1.28 bits per heavy atom. The predicted molar refractivity (Wildman–Crippen MR) is 127 cm³/mol. The van der Waals surface area contributed by atoms with Gasteiger partial charge in [0.1, 0.15) is 10.9 Å². The number of thiophene rings is 1. The monoisotopic (exact) mass is 553 g/mol. The first-order chi connectivity index (χ1) is 15.1. The fourth-order valence-electron chi connectivity index (χ4n) is 2.61. The van der Waals surface area contributed by atoms with Crippen LogP contribution in [0.5, 0.6) is 0 Å². The number of pyridine rings is 1. The van der Waals surface area contributed by atoms with Crippen molar-refractivity contribution in [3.63, 3.8) is 0 Å². The molecule has 6 nitrogen and oxygen atoms in total. The zero-order chi connectivity index (χ0) is 24.0. The third-order valence-corrected chi connectivity index (χ3v) is 5.74. The molecule has 168 valence electrons. The molecule has 0 radical (unpaired) electrons. The number of benzene rings is 1. The van der Waals surface area contributed by atoms with E-state index in [1.165, 1.54) is 32.5 Å². The van der Waals surface area contributed by atoms with Crippen LogP contribution < -0.4 is 0 Å². The van der Waals surface area contributed by atoms with Gasteiger partial charge in [0.2, 0.25) is 15.2 Å². The standard InChI is InChI=1S/C19H12Cl2FN3O2S.Cl2OS/c1-25(27-2)19(26)18-16(12-4-3-11(20)8-14(12)21)13(9-23)17(28-18)10-5-6-24-15(22)7-10;1-4(2)3/h3-8H,1-2H3;. The molecule has 32 heavy (non-hydrogen) atoms. The molecule has 3 aromatic rings. The number of hydroxylamine groups is 2. The number of carbonyl (C=O) groups is 1. The summed E-state index contributed by atoms with van der Waals surface area (Å²) in [5, 5.41) is 11.6. The summed E-state index contributed by atoms with van der Waals surface area (Å²) < 4.78 is 22.7. The number of amides is 1. The first-order valence-electron chi connectivity index (χ1n) is 8.31. The summed E-state index contributed by atoms with van der Waals surface area (Å²) in [6.45, 7) is 0. The number of rotatable bonds is 4. The third-order valence-electron chi connectivity index (χ3n) is 3.96. The van der Waals surface area contributed by atoms with Gasteiger partial charge < -0.3 is 0 Å². The Morgan fingerprint density at radius 3 is 2.47 bits per heavy atom. The second-order valence-electron chi connectivity index (χ2n) is 5.78. The van der Waals surface area contributed by atoms with Gasteiger partial charge in [0, 0.05) is 61.8 Å². The van der Waals surface area contributed by atoms with Crippen molar-refractivity contribution in [1.82, 2.24) is 10.0 Å². The highest BCUT2D eigenvalue weighted by atomic mass is 36.0. The molecule has 0 bridgehead atoms. The third kappa shape index (κ3) is 6.39. The number of nitrogens with zero attached hydrogens (tertiary/aromatic N) is 3. The molecule has 3 rings (SSSR count). The summed E-state index contributed by atoms with van der Waals surface area (Å²) >= 11 is 13.4. The van der Waals surface area contributed by atoms with Crippen LogP contribution in [0.2, 0.25) is 10.0 Å². The van der Waals surface area contributed by atoms with E-state index in [1.54, 1.807) is 18.2 Å². The van der Waals surface area contributed by atoms with E-state index >= 15 is 0 Å². The molecular formula is C19H12Cl4FN3O3S2. The van der Waals surface area contributed by atoms with E-state index in [0.717, 1.165) is 16.4 Å². The van der Waals surface area contributed by atoms with Gasteiger partial charge in [-0.15, -0.1) is 11.3 Å². The summed E-state index contributed by atoms with van der Waals surface area (Å²) in [5.74, 6) is -1.16. The van der Waals surface area contributed by atoms with Crippen LogP contribution in [0.3, 0.4) is 0 Å². The van der Waals surface area contributed by atoms with Gasteiger partial charge in [-0.1, -0.05) is 29.3 Å². The molecule has 1 amide bonds. The normalized spacial score (nSPS) is 10.3. The number of aromatic nitrogens is 1. The lowest BCUT2D eigenvalue weighted by molar-refractivity contribution is -0.0753. The molecule has 0 aliphatic rings. The zero-order valence-corrected chi connectivity index (χ0v) is 20.9. The second-order valence-corrected chi connectivity index (χ2v) is 10.2. The molecule has 0 fully saturated rings. The first kappa shape index (κ1) is 26.5. The van der Waals surface area contributed by atoms with E-state index in [4.69, 9.17) is 32.2 Å². The maximum atomic E-state index is 13.6. The van der Waals surface area contributed by atoms with Crippen LogP contribution in [0.1, 0.15) is 15.2 Å². The van der Waals surface area contributed by atoms with Crippen molar-refractivity contribution >= 4 is 71.0 Å². The summed E-state index contributed by atoms with van der Waals surface area (Å²) in [5.41, 5.74) is 1.44. The number of hydrogen-bond acceptors (Lipinski definition) is 6. The summed E-state index contributed by atoms with van der Waals surface area (Å²) in [7, 11) is 10.2. The van der Waals surface area contributed by atoms with Crippen molar-refractivity contribution in [3.05, 3.63) is 63.0 Å². The molecule has 0 N–H and O–H groups in total. The number of hydrogen-bond donors (Lipinski definition) is 0. The van der Waals surface area contributed by atoms with Crippen LogP contribution in [-0.4, -0.2) is 34.3 Å². The van der Waals surface area contributed by atoms with Gasteiger partial charge >= 0.3 is 0 Å². The van der Waals surface area contributed by atoms with Crippen LogP contribution in [0, 0.1) is 17.3 Å². The number of halogens is 5. The van der Waals surface area contributed by atoms with Gasteiger partial charge in [-0.25, -0.2) is 14.3 Å². The highest BCUT2D eigenvalue weighted by Crippen LogP contribution is 2.44. The van der Waals surface area contributed by atoms with Gasteiger partial charge in [0.25, 0.3) is 5.91 Å². The maximum absolute atomic E-state index is 13.6. The van der Waals surface area contributed by atoms with Crippen molar-refractivity contribution in [3.8, 4) is 27.6 Å². The highest BCUT2D eigenvalue weighted by molar-refractivity contribution is 8.26. The molecule has 0 saturated heterocycles. The minimum absolute atomic E-state index is 0.202. The lowest BCUT2D eigenvalue weighted by atomic mass is 9.98. The van der Waals surface area contributed by atoms with E-state index in [0.29, 0.717) is 26.6 Å². The number of nitriles is 1. The Balaban J connectivity index is 0.000000837. The van der Waals surface area contributed by atoms with Crippen LogP contribution >= 0.6 is 55.9 Å². The van der Waals surface area contributed by atoms with Crippen LogP contribution in [0.4, 0.5) is 4.39 Å². The van der Waals surface area contributed by atoms with E-state index in [2.05, 4.69) is 32.4 Å². The molecule has 0 spiro atoms. The quantitative estimate of drug-likeness (QED) is 0.209. The molecule has 0 saturated carbocycles.